The molecule has 2 rings (SSSR count). The highest BCUT2D eigenvalue weighted by atomic mass is 32.2. The molecule has 112 valence electrons. The Morgan fingerprint density at radius 1 is 1.50 bits per heavy atom. The molecule has 1 saturated carbocycles. The number of hydrogen-bond donors (Lipinski definition) is 1. The number of esters is 1. The fourth-order valence-corrected chi connectivity index (χ4v) is 2.43. The first kappa shape index (κ1) is 15.0. The van der Waals surface area contributed by atoms with E-state index in [4.69, 9.17) is 14.6 Å². The number of methoxy groups -OCH3 is 1. The molecular weight excluding hydrogens is 284 g/mol. The van der Waals surface area contributed by atoms with Gasteiger partial charge in [0.1, 0.15) is 16.7 Å². The first-order valence-corrected chi connectivity index (χ1v) is 7.89. The highest BCUT2D eigenvalue weighted by Gasteiger charge is 2.25. The van der Waals surface area contributed by atoms with E-state index in [-0.39, 0.29) is 16.7 Å². The van der Waals surface area contributed by atoms with Gasteiger partial charge in [0.15, 0.2) is 0 Å². The van der Waals surface area contributed by atoms with Crippen LogP contribution in [0.3, 0.4) is 0 Å². The zero-order chi connectivity index (χ0) is 14.8. The molecule has 0 radical (unpaired) electrons. The van der Waals surface area contributed by atoms with Gasteiger partial charge >= 0.3 is 5.97 Å². The van der Waals surface area contributed by atoms with Crippen molar-refractivity contribution in [3.63, 3.8) is 0 Å². The molecule has 7 nitrogen and oxygen atoms in total. The van der Waals surface area contributed by atoms with Gasteiger partial charge < -0.3 is 14.0 Å². The summed E-state index contributed by atoms with van der Waals surface area (Å²) in [5.74, 6) is -0.527. The summed E-state index contributed by atoms with van der Waals surface area (Å²) in [5.41, 5.74) is 0.179. The number of sulfonamides is 1. The molecule has 2 N–H and O–H groups in total. The van der Waals surface area contributed by atoms with Gasteiger partial charge in [0.2, 0.25) is 10.0 Å². The summed E-state index contributed by atoms with van der Waals surface area (Å²) in [4.78, 5) is 12.0. The first-order chi connectivity index (χ1) is 9.41. The molecule has 8 heteroatoms. The van der Waals surface area contributed by atoms with E-state index in [9.17, 15) is 13.2 Å². The van der Waals surface area contributed by atoms with Crippen LogP contribution in [-0.4, -0.2) is 38.8 Å². The molecule has 1 aromatic rings. The van der Waals surface area contributed by atoms with E-state index < -0.39 is 16.0 Å². The predicted molar refractivity (Wildman–Crippen MR) is 70.7 cm³/mol. The van der Waals surface area contributed by atoms with Crippen molar-refractivity contribution >= 4 is 16.0 Å². The number of nitrogens with two attached hydrogens (primary N) is 1. The lowest BCUT2D eigenvalue weighted by Crippen LogP contribution is -2.26. The maximum absolute atomic E-state index is 12.1. The molecule has 1 aromatic heterocycles. The number of aromatic nitrogens is 1. The van der Waals surface area contributed by atoms with E-state index in [2.05, 4.69) is 0 Å². The van der Waals surface area contributed by atoms with Crippen molar-refractivity contribution in [3.05, 3.63) is 18.0 Å². The van der Waals surface area contributed by atoms with Gasteiger partial charge in [-0.2, -0.15) is 0 Å². The molecule has 0 saturated heterocycles. The smallest absolute Gasteiger partial charge is 0.355 e. The van der Waals surface area contributed by atoms with Gasteiger partial charge in [-0.15, -0.1) is 0 Å². The Bertz CT molecular complexity index is 589. The van der Waals surface area contributed by atoms with Crippen molar-refractivity contribution in [1.82, 2.24) is 4.57 Å². The molecule has 20 heavy (non-hydrogen) atoms. The summed E-state index contributed by atoms with van der Waals surface area (Å²) in [6, 6.07) is 1.24. The number of carbonyl (C=O) groups excluding carboxylic acids is 1. The number of hydrogen-bond acceptors (Lipinski definition) is 5. The normalized spacial score (nSPS) is 15.9. The zero-order valence-corrected chi connectivity index (χ0v) is 12.1. The molecule has 0 aliphatic heterocycles. The highest BCUT2D eigenvalue weighted by molar-refractivity contribution is 7.89. The molecule has 0 unspecified atom stereocenters. The lowest BCUT2D eigenvalue weighted by Gasteiger charge is -2.25. The Labute approximate surface area is 117 Å². The second-order valence-electron chi connectivity index (χ2n) is 4.75. The van der Waals surface area contributed by atoms with E-state index in [0.717, 1.165) is 19.3 Å². The maximum Gasteiger partial charge on any atom is 0.355 e. The third kappa shape index (κ3) is 3.38. The molecule has 0 spiro atoms. The van der Waals surface area contributed by atoms with Crippen molar-refractivity contribution in [2.45, 2.75) is 36.8 Å². The molecule has 0 atom stereocenters. The van der Waals surface area contributed by atoms with Crippen LogP contribution in [0.2, 0.25) is 0 Å². The maximum atomic E-state index is 12.1. The van der Waals surface area contributed by atoms with Crippen LogP contribution < -0.4 is 5.14 Å². The van der Waals surface area contributed by atoms with Crippen LogP contribution >= 0.6 is 0 Å². The van der Waals surface area contributed by atoms with Crippen LogP contribution in [0.4, 0.5) is 0 Å². The summed E-state index contributed by atoms with van der Waals surface area (Å²) in [7, 11) is -2.33. The van der Waals surface area contributed by atoms with Gasteiger partial charge in [-0.05, 0) is 25.3 Å². The number of carbonyl (C=O) groups is 1. The fraction of sp³-hybridized carbons (Fsp3) is 0.583. The Morgan fingerprint density at radius 2 is 2.20 bits per heavy atom. The minimum Gasteiger partial charge on any atom is -0.458 e. The van der Waals surface area contributed by atoms with Crippen LogP contribution in [0.1, 0.15) is 29.8 Å². The minimum absolute atomic E-state index is 0.0637. The number of primary sulfonamides is 1. The minimum atomic E-state index is -3.85. The molecule has 1 fully saturated rings. The van der Waals surface area contributed by atoms with Crippen LogP contribution in [-0.2, 0) is 26.0 Å². The lowest BCUT2D eigenvalue weighted by atomic mass is 9.96. The molecule has 1 aliphatic carbocycles. The average Bonchev–Trinajstić information content (AvgIpc) is 2.75. The van der Waals surface area contributed by atoms with Gasteiger partial charge in [-0.1, -0.05) is 0 Å². The molecular formula is C12H18N2O5S. The van der Waals surface area contributed by atoms with Crippen LogP contribution in [0, 0.1) is 0 Å². The molecule has 1 heterocycles. The number of nitrogens with zero attached hydrogens (tertiary/aromatic N) is 1. The average molecular weight is 302 g/mol. The number of rotatable bonds is 6. The third-order valence-corrected chi connectivity index (χ3v) is 4.15. The Balaban J connectivity index is 2.23. The lowest BCUT2D eigenvalue weighted by molar-refractivity contribution is 0.00774. The third-order valence-electron chi connectivity index (χ3n) is 3.27. The summed E-state index contributed by atoms with van der Waals surface area (Å²) in [6.07, 6.45) is 4.02. The summed E-state index contributed by atoms with van der Waals surface area (Å²) in [5, 5.41) is 5.08. The fourth-order valence-electron chi connectivity index (χ4n) is 1.88. The Kier molecular flexibility index (Phi) is 4.46. The van der Waals surface area contributed by atoms with Crippen molar-refractivity contribution in [1.29, 1.82) is 0 Å². The van der Waals surface area contributed by atoms with Gasteiger partial charge in [0, 0.05) is 19.9 Å². The molecule has 0 amide bonds. The summed E-state index contributed by atoms with van der Waals surface area (Å²) >= 11 is 0. The second-order valence-corrected chi connectivity index (χ2v) is 6.31. The second kappa shape index (κ2) is 5.94. The van der Waals surface area contributed by atoms with Crippen molar-refractivity contribution in [2.75, 3.05) is 13.7 Å². The van der Waals surface area contributed by atoms with Crippen LogP contribution in [0.25, 0.3) is 0 Å². The predicted octanol–water partition coefficient (Wildman–Crippen LogP) is 0.491. The van der Waals surface area contributed by atoms with Gasteiger partial charge in [-0.25, -0.2) is 18.4 Å². The molecule has 0 aromatic carbocycles. The largest absolute Gasteiger partial charge is 0.458 e. The van der Waals surface area contributed by atoms with E-state index in [1.165, 1.54) is 23.9 Å². The Hall–Kier alpha value is -1.38. The summed E-state index contributed by atoms with van der Waals surface area (Å²) in [6.45, 7) is 0.698. The number of ether oxygens (including phenoxy) is 2. The quantitative estimate of drug-likeness (QED) is 0.771. The van der Waals surface area contributed by atoms with Crippen molar-refractivity contribution in [2.24, 2.45) is 5.14 Å². The van der Waals surface area contributed by atoms with Gasteiger partial charge in [0.05, 0.1) is 6.61 Å². The SMILES string of the molecule is COCCn1cc(S(N)(=O)=O)cc1C(=O)OC1CCC1. The molecule has 0 bridgehead atoms. The monoisotopic (exact) mass is 302 g/mol. The van der Waals surface area contributed by atoms with Crippen LogP contribution in [0.15, 0.2) is 17.2 Å². The topological polar surface area (TPSA) is 101 Å². The first-order valence-electron chi connectivity index (χ1n) is 6.34. The van der Waals surface area contributed by atoms with Crippen molar-refractivity contribution < 1.29 is 22.7 Å². The van der Waals surface area contributed by atoms with Gasteiger partial charge in [0.25, 0.3) is 0 Å². The van der Waals surface area contributed by atoms with Crippen molar-refractivity contribution in [3.8, 4) is 0 Å². The zero-order valence-electron chi connectivity index (χ0n) is 11.2. The Morgan fingerprint density at radius 3 is 2.70 bits per heavy atom. The van der Waals surface area contributed by atoms with E-state index in [0.29, 0.717) is 13.2 Å². The standard InChI is InChI=1S/C12H18N2O5S/c1-18-6-5-14-8-10(20(13,16)17)7-11(14)12(15)19-9-3-2-4-9/h7-9H,2-6H2,1H3,(H2,13,16,17). The van der Waals surface area contributed by atoms with E-state index >= 15 is 0 Å². The van der Waals surface area contributed by atoms with Gasteiger partial charge in [-0.3, -0.25) is 0 Å². The highest BCUT2D eigenvalue weighted by Crippen LogP contribution is 2.24. The summed E-state index contributed by atoms with van der Waals surface area (Å²) < 4.78 is 34.4. The van der Waals surface area contributed by atoms with Crippen LogP contribution in [0.5, 0.6) is 0 Å². The molecule has 1 aliphatic rings. The van der Waals surface area contributed by atoms with E-state index in [1.807, 2.05) is 0 Å². The van der Waals surface area contributed by atoms with E-state index in [1.54, 1.807) is 0 Å².